The molecule has 1 aliphatic rings. The molecule has 2 rings (SSSR count). The molecule has 1 saturated heterocycles. The number of likely N-dealkylation sites (tertiary alicyclic amines) is 1. The van der Waals surface area contributed by atoms with Crippen LogP contribution in [-0.4, -0.2) is 23.5 Å². The fourth-order valence-electron chi connectivity index (χ4n) is 1.99. The lowest BCUT2D eigenvalue weighted by atomic mass is 10.1. The monoisotopic (exact) mass is 177 g/mol. The van der Waals surface area contributed by atoms with Crippen LogP contribution in [0.15, 0.2) is 18.5 Å². The van der Waals surface area contributed by atoms with E-state index in [1.54, 1.807) is 6.20 Å². The van der Waals surface area contributed by atoms with Crippen LogP contribution in [0.3, 0.4) is 0 Å². The molecule has 13 heavy (non-hydrogen) atoms. The first-order valence-corrected chi connectivity index (χ1v) is 4.68. The Morgan fingerprint density at radius 2 is 2.38 bits per heavy atom. The van der Waals surface area contributed by atoms with Crippen LogP contribution in [0, 0.1) is 0 Å². The van der Waals surface area contributed by atoms with Crippen LogP contribution in [-0.2, 0) is 0 Å². The molecule has 1 aromatic heterocycles. The molecule has 3 nitrogen and oxygen atoms in total. The summed E-state index contributed by atoms with van der Waals surface area (Å²) in [5.74, 6) is 0. The van der Waals surface area contributed by atoms with Crippen LogP contribution in [0.25, 0.3) is 0 Å². The van der Waals surface area contributed by atoms with Gasteiger partial charge in [0.2, 0.25) is 0 Å². The zero-order valence-electron chi connectivity index (χ0n) is 7.90. The number of aromatic nitrogens is 1. The average Bonchev–Trinajstić information content (AvgIpc) is 2.51. The van der Waals surface area contributed by atoms with Gasteiger partial charge < -0.3 is 5.73 Å². The predicted octanol–water partition coefficient (Wildman–Crippen LogP) is 1.43. The molecule has 0 aliphatic carbocycles. The van der Waals surface area contributed by atoms with Crippen molar-refractivity contribution in [3.05, 3.63) is 24.0 Å². The summed E-state index contributed by atoms with van der Waals surface area (Å²) in [6.45, 7) is 1.18. The molecule has 0 unspecified atom stereocenters. The van der Waals surface area contributed by atoms with Gasteiger partial charge in [0, 0.05) is 18.4 Å². The predicted molar refractivity (Wildman–Crippen MR) is 53.3 cm³/mol. The van der Waals surface area contributed by atoms with E-state index in [0.29, 0.717) is 6.04 Å². The van der Waals surface area contributed by atoms with Crippen molar-refractivity contribution >= 4 is 5.69 Å². The lowest BCUT2D eigenvalue weighted by Crippen LogP contribution is -2.17. The Bertz CT molecular complexity index is 298. The minimum Gasteiger partial charge on any atom is -0.397 e. The molecule has 2 heterocycles. The highest BCUT2D eigenvalue weighted by Crippen LogP contribution is 2.30. The molecule has 1 aromatic rings. The Balaban J connectivity index is 2.24. The highest BCUT2D eigenvalue weighted by atomic mass is 15.1. The first kappa shape index (κ1) is 8.51. The summed E-state index contributed by atoms with van der Waals surface area (Å²) in [4.78, 5) is 6.47. The van der Waals surface area contributed by atoms with Gasteiger partial charge >= 0.3 is 0 Å². The third-order valence-corrected chi connectivity index (χ3v) is 2.69. The van der Waals surface area contributed by atoms with Crippen molar-refractivity contribution in [2.24, 2.45) is 0 Å². The molecule has 3 heteroatoms. The lowest BCUT2D eigenvalue weighted by molar-refractivity contribution is 0.317. The van der Waals surface area contributed by atoms with Crippen molar-refractivity contribution in [1.82, 2.24) is 9.88 Å². The SMILES string of the molecule is CN1CCC[C@H]1c1cncc(N)c1. The molecule has 1 fully saturated rings. The molecule has 0 aromatic carbocycles. The van der Waals surface area contributed by atoms with Gasteiger partial charge in [-0.15, -0.1) is 0 Å². The van der Waals surface area contributed by atoms with Crippen LogP contribution in [0.5, 0.6) is 0 Å². The van der Waals surface area contributed by atoms with E-state index in [9.17, 15) is 0 Å². The fraction of sp³-hybridized carbons (Fsp3) is 0.500. The summed E-state index contributed by atoms with van der Waals surface area (Å²) >= 11 is 0. The summed E-state index contributed by atoms with van der Waals surface area (Å²) < 4.78 is 0. The number of hydrogen-bond donors (Lipinski definition) is 1. The van der Waals surface area contributed by atoms with Gasteiger partial charge in [0.15, 0.2) is 0 Å². The highest BCUT2D eigenvalue weighted by molar-refractivity contribution is 5.38. The molecule has 1 atom stereocenters. The number of nitrogen functional groups attached to an aromatic ring is 1. The van der Waals surface area contributed by atoms with E-state index in [0.717, 1.165) is 5.69 Å². The van der Waals surface area contributed by atoms with Crippen LogP contribution in [0.2, 0.25) is 0 Å². The van der Waals surface area contributed by atoms with Crippen LogP contribution >= 0.6 is 0 Å². The molecule has 0 radical (unpaired) electrons. The molecular formula is C10H15N3. The van der Waals surface area contributed by atoms with Crippen molar-refractivity contribution in [3.8, 4) is 0 Å². The van der Waals surface area contributed by atoms with Crippen LogP contribution in [0.1, 0.15) is 24.4 Å². The Kier molecular flexibility index (Phi) is 2.19. The van der Waals surface area contributed by atoms with Gasteiger partial charge in [-0.05, 0) is 38.1 Å². The second kappa shape index (κ2) is 3.34. The fourth-order valence-corrected chi connectivity index (χ4v) is 1.99. The van der Waals surface area contributed by atoms with Gasteiger partial charge in [-0.3, -0.25) is 9.88 Å². The lowest BCUT2D eigenvalue weighted by Gasteiger charge is -2.19. The van der Waals surface area contributed by atoms with Gasteiger partial charge in [-0.25, -0.2) is 0 Å². The van der Waals surface area contributed by atoms with E-state index in [2.05, 4.69) is 16.9 Å². The molecular weight excluding hydrogens is 162 g/mol. The van der Waals surface area contributed by atoms with Gasteiger partial charge in [-0.2, -0.15) is 0 Å². The van der Waals surface area contributed by atoms with Crippen molar-refractivity contribution in [1.29, 1.82) is 0 Å². The number of nitrogens with zero attached hydrogens (tertiary/aromatic N) is 2. The first-order valence-electron chi connectivity index (χ1n) is 4.68. The number of pyridine rings is 1. The van der Waals surface area contributed by atoms with Crippen LogP contribution < -0.4 is 5.73 Å². The van der Waals surface area contributed by atoms with Crippen molar-refractivity contribution in [2.75, 3.05) is 19.3 Å². The summed E-state index contributed by atoms with van der Waals surface area (Å²) in [5.41, 5.74) is 7.70. The van der Waals surface area contributed by atoms with E-state index < -0.39 is 0 Å². The Morgan fingerprint density at radius 1 is 1.54 bits per heavy atom. The quantitative estimate of drug-likeness (QED) is 0.705. The van der Waals surface area contributed by atoms with Gasteiger partial charge in [0.1, 0.15) is 0 Å². The largest absolute Gasteiger partial charge is 0.397 e. The van der Waals surface area contributed by atoms with E-state index >= 15 is 0 Å². The number of nitrogens with two attached hydrogens (primary N) is 1. The Hall–Kier alpha value is -1.09. The van der Waals surface area contributed by atoms with Crippen molar-refractivity contribution < 1.29 is 0 Å². The molecule has 0 saturated carbocycles. The van der Waals surface area contributed by atoms with Crippen LogP contribution in [0.4, 0.5) is 5.69 Å². The standard InChI is InChI=1S/C10H15N3/c1-13-4-2-3-10(13)8-5-9(11)7-12-6-8/h5-7,10H,2-4,11H2,1H3/t10-/m0/s1. The summed E-state index contributed by atoms with van der Waals surface area (Å²) in [5, 5.41) is 0. The zero-order chi connectivity index (χ0) is 9.26. The molecule has 70 valence electrons. The van der Waals surface area contributed by atoms with E-state index in [1.165, 1.54) is 24.9 Å². The summed E-state index contributed by atoms with van der Waals surface area (Å²) in [6.07, 6.45) is 6.11. The van der Waals surface area contributed by atoms with Crippen molar-refractivity contribution in [2.45, 2.75) is 18.9 Å². The zero-order valence-corrected chi connectivity index (χ0v) is 7.90. The topological polar surface area (TPSA) is 42.2 Å². The molecule has 1 aliphatic heterocycles. The van der Waals surface area contributed by atoms with Crippen molar-refractivity contribution in [3.63, 3.8) is 0 Å². The average molecular weight is 177 g/mol. The molecule has 0 bridgehead atoms. The maximum atomic E-state index is 5.69. The molecule has 0 spiro atoms. The van der Waals surface area contributed by atoms with Gasteiger partial charge in [0.05, 0.1) is 5.69 Å². The van der Waals surface area contributed by atoms with E-state index in [1.807, 2.05) is 12.3 Å². The minimum atomic E-state index is 0.524. The second-order valence-corrected chi connectivity index (χ2v) is 3.69. The van der Waals surface area contributed by atoms with Gasteiger partial charge in [-0.1, -0.05) is 0 Å². The number of anilines is 1. The maximum Gasteiger partial charge on any atom is 0.0503 e. The smallest absolute Gasteiger partial charge is 0.0503 e. The number of hydrogen-bond acceptors (Lipinski definition) is 3. The molecule has 0 amide bonds. The van der Waals surface area contributed by atoms with E-state index in [-0.39, 0.29) is 0 Å². The summed E-state index contributed by atoms with van der Waals surface area (Å²) in [7, 11) is 2.15. The Labute approximate surface area is 78.6 Å². The third-order valence-electron chi connectivity index (χ3n) is 2.69. The van der Waals surface area contributed by atoms with E-state index in [4.69, 9.17) is 5.73 Å². The highest BCUT2D eigenvalue weighted by Gasteiger charge is 2.22. The Morgan fingerprint density at radius 3 is 3.00 bits per heavy atom. The molecule has 2 N–H and O–H groups in total. The first-order chi connectivity index (χ1) is 6.27. The second-order valence-electron chi connectivity index (χ2n) is 3.69. The minimum absolute atomic E-state index is 0.524. The summed E-state index contributed by atoms with van der Waals surface area (Å²) in [6, 6.07) is 2.55. The normalized spacial score (nSPS) is 23.6. The third kappa shape index (κ3) is 1.65. The van der Waals surface area contributed by atoms with Gasteiger partial charge in [0.25, 0.3) is 0 Å². The number of rotatable bonds is 1. The maximum absolute atomic E-state index is 5.69.